The maximum absolute atomic E-state index is 12.1. The predicted octanol–water partition coefficient (Wildman–Crippen LogP) is 2.47. The summed E-state index contributed by atoms with van der Waals surface area (Å²) in [6.07, 6.45) is 1.80. The summed E-state index contributed by atoms with van der Waals surface area (Å²) in [6.45, 7) is 2.02. The van der Waals surface area contributed by atoms with E-state index in [-0.39, 0.29) is 5.69 Å². The van der Waals surface area contributed by atoms with Gasteiger partial charge in [-0.25, -0.2) is 0 Å². The lowest BCUT2D eigenvalue weighted by Gasteiger charge is -2.07. The molecule has 0 N–H and O–H groups in total. The molecule has 1 rings (SSSR count). The number of unbranched alkanes of at least 4 members (excludes halogenated alkanes) is 1. The fraction of sp³-hybridized carbons (Fsp3) is 0.364. The van der Waals surface area contributed by atoms with Crippen LogP contribution in [0.1, 0.15) is 19.8 Å². The van der Waals surface area contributed by atoms with Crippen molar-refractivity contribution in [3.05, 3.63) is 34.4 Å². The molecule has 0 aliphatic rings. The van der Waals surface area contributed by atoms with Crippen LogP contribution in [0.2, 0.25) is 0 Å². The molecule has 0 saturated carbocycles. The first kappa shape index (κ1) is 12.7. The van der Waals surface area contributed by atoms with Crippen LogP contribution in [0.4, 0.5) is 5.69 Å². The Morgan fingerprint density at radius 3 is 2.38 bits per heavy atom. The Balaban J connectivity index is 2.93. The van der Waals surface area contributed by atoms with Crippen LogP contribution in [-0.4, -0.2) is 20.8 Å². The Morgan fingerprint density at radius 2 is 1.94 bits per heavy atom. The SMILES string of the molecule is C=S(=O)(CCCC)c1ccc([N+](=O)[O-])cc1. The molecule has 1 unspecified atom stereocenters. The number of non-ortho nitro benzene ring substituents is 1. The molecule has 4 nitrogen and oxygen atoms in total. The van der Waals surface area contributed by atoms with E-state index < -0.39 is 14.4 Å². The van der Waals surface area contributed by atoms with Crippen LogP contribution in [0.5, 0.6) is 0 Å². The van der Waals surface area contributed by atoms with Crippen LogP contribution < -0.4 is 0 Å². The standard InChI is InChI=1S/C11H15NO3S/c1-3-4-9-16(2,15)11-7-5-10(6-8-11)12(13)14/h5-8H,2-4,9H2,1H3. The second-order valence-electron chi connectivity index (χ2n) is 3.62. The lowest BCUT2D eigenvalue weighted by Crippen LogP contribution is -2.06. The number of hydrogen-bond donors (Lipinski definition) is 0. The molecule has 16 heavy (non-hydrogen) atoms. The average molecular weight is 241 g/mol. The number of nitro groups is 1. The molecule has 0 saturated heterocycles. The van der Waals surface area contributed by atoms with Gasteiger partial charge in [0.05, 0.1) is 4.92 Å². The predicted molar refractivity (Wildman–Crippen MR) is 66.4 cm³/mol. The fourth-order valence-electron chi connectivity index (χ4n) is 1.31. The monoisotopic (exact) mass is 241 g/mol. The highest BCUT2D eigenvalue weighted by Gasteiger charge is 2.10. The van der Waals surface area contributed by atoms with Crippen molar-refractivity contribution in [2.45, 2.75) is 24.7 Å². The van der Waals surface area contributed by atoms with Gasteiger partial charge in [-0.3, -0.25) is 14.3 Å². The van der Waals surface area contributed by atoms with Crippen molar-refractivity contribution < 1.29 is 9.13 Å². The first-order valence-electron chi connectivity index (χ1n) is 5.07. The first-order chi connectivity index (χ1) is 7.47. The molecule has 0 spiro atoms. The highest BCUT2D eigenvalue weighted by atomic mass is 32.2. The summed E-state index contributed by atoms with van der Waals surface area (Å²) >= 11 is 0. The quantitative estimate of drug-likeness (QED) is 0.452. The van der Waals surface area contributed by atoms with E-state index in [4.69, 9.17) is 0 Å². The van der Waals surface area contributed by atoms with Gasteiger partial charge < -0.3 is 0 Å². The summed E-state index contributed by atoms with van der Waals surface area (Å²) in [4.78, 5) is 10.6. The van der Waals surface area contributed by atoms with Crippen LogP contribution in [-0.2, 0) is 9.52 Å². The normalized spacial score (nSPS) is 14.3. The molecular formula is C11H15NO3S. The molecule has 0 heterocycles. The third-order valence-electron chi connectivity index (χ3n) is 2.30. The van der Waals surface area contributed by atoms with Crippen LogP contribution >= 0.6 is 0 Å². The molecule has 1 aromatic carbocycles. The Morgan fingerprint density at radius 1 is 1.38 bits per heavy atom. The highest BCUT2D eigenvalue weighted by Crippen LogP contribution is 2.17. The largest absolute Gasteiger partial charge is 0.269 e. The van der Waals surface area contributed by atoms with E-state index in [0.29, 0.717) is 10.6 Å². The van der Waals surface area contributed by atoms with Crippen molar-refractivity contribution in [3.63, 3.8) is 0 Å². The zero-order valence-electron chi connectivity index (χ0n) is 9.22. The molecule has 1 atom stereocenters. The molecule has 0 amide bonds. The van der Waals surface area contributed by atoms with Gasteiger partial charge >= 0.3 is 0 Å². The number of benzene rings is 1. The molecule has 0 radical (unpaired) electrons. The number of hydrogen-bond acceptors (Lipinski definition) is 3. The van der Waals surface area contributed by atoms with E-state index in [1.807, 2.05) is 6.92 Å². The van der Waals surface area contributed by atoms with Gasteiger partial charge in [0.25, 0.3) is 5.69 Å². The Bertz CT molecular complexity index is 463. The highest BCUT2D eigenvalue weighted by molar-refractivity contribution is 8.00. The van der Waals surface area contributed by atoms with Gasteiger partial charge in [0, 0.05) is 22.8 Å². The summed E-state index contributed by atoms with van der Waals surface area (Å²) in [6, 6.07) is 5.80. The third-order valence-corrected chi connectivity index (χ3v) is 4.38. The molecule has 0 aliphatic carbocycles. The van der Waals surface area contributed by atoms with Crippen molar-refractivity contribution in [2.75, 3.05) is 5.75 Å². The minimum absolute atomic E-state index is 0.00874. The summed E-state index contributed by atoms with van der Waals surface area (Å²) in [5.74, 6) is 4.24. The van der Waals surface area contributed by atoms with E-state index in [0.717, 1.165) is 12.8 Å². The summed E-state index contributed by atoms with van der Waals surface area (Å²) in [7, 11) is -2.29. The summed E-state index contributed by atoms with van der Waals surface area (Å²) < 4.78 is 12.1. The van der Waals surface area contributed by atoms with E-state index in [9.17, 15) is 14.3 Å². The summed E-state index contributed by atoms with van der Waals surface area (Å²) in [5, 5.41) is 10.5. The van der Waals surface area contributed by atoms with Crippen LogP contribution in [0.15, 0.2) is 29.2 Å². The second kappa shape index (κ2) is 5.12. The number of nitrogens with zero attached hydrogens (tertiary/aromatic N) is 1. The van der Waals surface area contributed by atoms with Crippen molar-refractivity contribution in [2.24, 2.45) is 0 Å². The smallest absolute Gasteiger partial charge is 0.263 e. The lowest BCUT2D eigenvalue weighted by molar-refractivity contribution is -0.384. The van der Waals surface area contributed by atoms with Gasteiger partial charge in [0.15, 0.2) is 0 Å². The minimum atomic E-state index is -2.29. The van der Waals surface area contributed by atoms with Gasteiger partial charge in [0.1, 0.15) is 0 Å². The molecule has 0 aromatic heterocycles. The lowest BCUT2D eigenvalue weighted by atomic mass is 10.3. The number of nitro benzene ring substituents is 1. The molecule has 1 aromatic rings. The number of rotatable bonds is 5. The Labute approximate surface area is 95.5 Å². The zero-order valence-corrected chi connectivity index (χ0v) is 10.0. The molecule has 0 bridgehead atoms. The van der Waals surface area contributed by atoms with E-state index in [1.165, 1.54) is 24.3 Å². The van der Waals surface area contributed by atoms with E-state index in [2.05, 4.69) is 5.87 Å². The van der Waals surface area contributed by atoms with Crippen molar-refractivity contribution in [1.82, 2.24) is 0 Å². The van der Waals surface area contributed by atoms with Crippen molar-refractivity contribution in [3.8, 4) is 0 Å². The van der Waals surface area contributed by atoms with Crippen LogP contribution in [0, 0.1) is 10.1 Å². The van der Waals surface area contributed by atoms with Crippen LogP contribution in [0.3, 0.4) is 0 Å². The molecule has 88 valence electrons. The maximum Gasteiger partial charge on any atom is 0.269 e. The molecule has 0 fully saturated rings. The van der Waals surface area contributed by atoms with Gasteiger partial charge in [-0.2, -0.15) is 0 Å². The van der Waals surface area contributed by atoms with Gasteiger partial charge in [-0.15, -0.1) is 0 Å². The van der Waals surface area contributed by atoms with Crippen molar-refractivity contribution >= 4 is 21.1 Å². The average Bonchev–Trinajstić information content (AvgIpc) is 2.26. The van der Waals surface area contributed by atoms with Gasteiger partial charge in [-0.05, 0) is 33.9 Å². The third kappa shape index (κ3) is 3.06. The van der Waals surface area contributed by atoms with E-state index in [1.54, 1.807) is 0 Å². The minimum Gasteiger partial charge on any atom is -0.263 e. The topological polar surface area (TPSA) is 60.2 Å². The van der Waals surface area contributed by atoms with E-state index >= 15 is 0 Å². The van der Waals surface area contributed by atoms with Crippen molar-refractivity contribution in [1.29, 1.82) is 0 Å². The first-order valence-corrected chi connectivity index (χ1v) is 6.96. The molecule has 5 heteroatoms. The molecular weight excluding hydrogens is 226 g/mol. The zero-order chi connectivity index (χ0) is 12.2. The van der Waals surface area contributed by atoms with Gasteiger partial charge in [-0.1, -0.05) is 13.3 Å². The fourth-order valence-corrected chi connectivity index (χ4v) is 2.93. The van der Waals surface area contributed by atoms with Gasteiger partial charge in [0.2, 0.25) is 0 Å². The summed E-state index contributed by atoms with van der Waals surface area (Å²) in [5.41, 5.74) is 0.00874. The second-order valence-corrected chi connectivity index (χ2v) is 6.12. The van der Waals surface area contributed by atoms with Crippen LogP contribution in [0.25, 0.3) is 0 Å². The Kier molecular flexibility index (Phi) is 4.06. The maximum atomic E-state index is 12.1. The molecule has 0 aliphatic heterocycles. The Hall–Kier alpha value is -1.36.